The van der Waals surface area contributed by atoms with Gasteiger partial charge in [0.15, 0.2) is 0 Å². The van der Waals surface area contributed by atoms with Crippen molar-refractivity contribution in [2.75, 3.05) is 0 Å². The van der Waals surface area contributed by atoms with Crippen molar-refractivity contribution >= 4 is 17.0 Å². The molecule has 3 atom stereocenters. The monoisotopic (exact) mass is 218 g/mol. The molecule has 0 spiro atoms. The van der Waals surface area contributed by atoms with E-state index in [4.69, 9.17) is 16.3 Å². The first kappa shape index (κ1) is 11.8. The second kappa shape index (κ2) is 5.01. The lowest BCUT2D eigenvalue weighted by atomic mass is 9.72. The van der Waals surface area contributed by atoms with Gasteiger partial charge >= 0.3 is 5.43 Å². The molecule has 2 unspecified atom stereocenters. The van der Waals surface area contributed by atoms with Crippen LogP contribution in [-0.4, -0.2) is 11.5 Å². The molecule has 2 nitrogen and oxygen atoms in total. The van der Waals surface area contributed by atoms with E-state index in [1.165, 1.54) is 6.42 Å². The van der Waals surface area contributed by atoms with Crippen LogP contribution in [0.4, 0.5) is 4.79 Å². The normalized spacial score (nSPS) is 33.1. The lowest BCUT2D eigenvalue weighted by molar-refractivity contribution is 0.00643. The number of hydrogen-bond donors (Lipinski definition) is 0. The van der Waals surface area contributed by atoms with Gasteiger partial charge in [-0.15, -0.1) is 0 Å². The summed E-state index contributed by atoms with van der Waals surface area (Å²) in [6, 6.07) is 0. The highest BCUT2D eigenvalue weighted by Gasteiger charge is 2.34. The summed E-state index contributed by atoms with van der Waals surface area (Å²) in [7, 11) is 0. The zero-order chi connectivity index (χ0) is 10.7. The van der Waals surface area contributed by atoms with Gasteiger partial charge in [0.2, 0.25) is 0 Å². The molecule has 1 rings (SSSR count). The molecular weight excluding hydrogens is 200 g/mol. The maximum Gasteiger partial charge on any atom is 0.404 e. The van der Waals surface area contributed by atoms with Gasteiger partial charge in [0.25, 0.3) is 0 Å². The molecule has 0 aromatic carbocycles. The van der Waals surface area contributed by atoms with Crippen LogP contribution >= 0.6 is 11.6 Å². The van der Waals surface area contributed by atoms with Gasteiger partial charge in [-0.25, -0.2) is 4.79 Å². The topological polar surface area (TPSA) is 26.3 Å². The minimum atomic E-state index is -0.658. The average Bonchev–Trinajstić information content (AvgIpc) is 2.01. The van der Waals surface area contributed by atoms with E-state index in [9.17, 15) is 4.79 Å². The number of ether oxygens (including phenoxy) is 1. The Bertz CT molecular complexity index is 203. The van der Waals surface area contributed by atoms with Crippen LogP contribution in [0.15, 0.2) is 0 Å². The van der Waals surface area contributed by atoms with Crippen LogP contribution in [0.1, 0.15) is 40.0 Å². The fraction of sp³-hybridized carbons (Fsp3) is 0.909. The van der Waals surface area contributed by atoms with E-state index < -0.39 is 5.43 Å². The molecule has 0 amide bonds. The van der Waals surface area contributed by atoms with Crippen molar-refractivity contribution < 1.29 is 9.53 Å². The first-order valence-electron chi connectivity index (χ1n) is 5.38. The summed E-state index contributed by atoms with van der Waals surface area (Å²) in [6.45, 7) is 6.60. The van der Waals surface area contributed by atoms with Gasteiger partial charge in [-0.1, -0.05) is 27.2 Å². The van der Waals surface area contributed by atoms with Gasteiger partial charge in [-0.2, -0.15) is 0 Å². The first-order chi connectivity index (χ1) is 6.52. The molecule has 0 saturated heterocycles. The van der Waals surface area contributed by atoms with E-state index in [1.54, 1.807) is 0 Å². The molecule has 0 radical (unpaired) electrons. The van der Waals surface area contributed by atoms with Crippen molar-refractivity contribution in [2.24, 2.45) is 17.8 Å². The van der Waals surface area contributed by atoms with Gasteiger partial charge < -0.3 is 4.74 Å². The Morgan fingerprint density at radius 3 is 2.57 bits per heavy atom. The summed E-state index contributed by atoms with van der Waals surface area (Å²) in [4.78, 5) is 10.7. The summed E-state index contributed by atoms with van der Waals surface area (Å²) < 4.78 is 5.16. The van der Waals surface area contributed by atoms with Crippen LogP contribution in [0.3, 0.4) is 0 Å². The SMILES string of the molecule is CC(C)C1C(OC(=O)Cl)CCC[C@H]1C. The largest absolute Gasteiger partial charge is 0.450 e. The molecule has 0 aromatic rings. The molecule has 0 bridgehead atoms. The van der Waals surface area contributed by atoms with Crippen LogP contribution in [0.2, 0.25) is 0 Å². The molecule has 0 N–H and O–H groups in total. The molecule has 1 saturated carbocycles. The lowest BCUT2D eigenvalue weighted by Crippen LogP contribution is -2.37. The maximum atomic E-state index is 10.7. The van der Waals surface area contributed by atoms with Crippen LogP contribution < -0.4 is 0 Å². The third-order valence-electron chi connectivity index (χ3n) is 3.25. The fourth-order valence-corrected chi connectivity index (χ4v) is 2.85. The molecule has 0 aliphatic heterocycles. The van der Waals surface area contributed by atoms with E-state index in [2.05, 4.69) is 20.8 Å². The Balaban J connectivity index is 2.64. The van der Waals surface area contributed by atoms with E-state index in [0.717, 1.165) is 12.8 Å². The smallest absolute Gasteiger partial charge is 0.404 e. The molecule has 1 aliphatic rings. The van der Waals surface area contributed by atoms with Crippen molar-refractivity contribution in [3.63, 3.8) is 0 Å². The molecule has 14 heavy (non-hydrogen) atoms. The van der Waals surface area contributed by atoms with E-state index >= 15 is 0 Å². The van der Waals surface area contributed by atoms with Crippen LogP contribution in [0, 0.1) is 17.8 Å². The molecule has 1 aliphatic carbocycles. The van der Waals surface area contributed by atoms with Crippen molar-refractivity contribution in [2.45, 2.75) is 46.1 Å². The Labute approximate surface area is 91.0 Å². The minimum Gasteiger partial charge on any atom is -0.450 e. The lowest BCUT2D eigenvalue weighted by Gasteiger charge is -2.38. The number of hydrogen-bond acceptors (Lipinski definition) is 2. The molecule has 0 aromatic heterocycles. The fourth-order valence-electron chi connectivity index (χ4n) is 2.74. The number of carbonyl (C=O) groups excluding carboxylic acids is 1. The second-order valence-corrected chi connectivity index (χ2v) is 4.93. The quantitative estimate of drug-likeness (QED) is 0.659. The Hall–Kier alpha value is -0.240. The van der Waals surface area contributed by atoms with Crippen molar-refractivity contribution in [3.05, 3.63) is 0 Å². The number of rotatable bonds is 2. The molecule has 82 valence electrons. The zero-order valence-electron chi connectivity index (χ0n) is 9.13. The predicted molar refractivity (Wildman–Crippen MR) is 57.5 cm³/mol. The molecule has 0 heterocycles. The highest BCUT2D eigenvalue weighted by molar-refractivity contribution is 6.61. The van der Waals surface area contributed by atoms with Gasteiger partial charge in [-0.05, 0) is 24.7 Å². The summed E-state index contributed by atoms with van der Waals surface area (Å²) in [5.41, 5.74) is -0.658. The predicted octanol–water partition coefficient (Wildman–Crippen LogP) is 3.82. The number of carbonyl (C=O) groups is 1. The maximum absolute atomic E-state index is 10.7. The molecule has 1 fully saturated rings. The standard InChI is InChI=1S/C11H19ClO2/c1-7(2)10-8(3)5-4-6-9(10)14-11(12)13/h7-10H,4-6H2,1-3H3/t8-,9?,10?/m1/s1. The van der Waals surface area contributed by atoms with Crippen LogP contribution in [0.25, 0.3) is 0 Å². The highest BCUT2D eigenvalue weighted by atomic mass is 35.5. The van der Waals surface area contributed by atoms with E-state index in [-0.39, 0.29) is 6.10 Å². The van der Waals surface area contributed by atoms with Gasteiger partial charge in [0.05, 0.1) is 0 Å². The Morgan fingerprint density at radius 2 is 2.07 bits per heavy atom. The summed E-state index contributed by atoms with van der Waals surface area (Å²) in [5, 5.41) is 0. The Kier molecular flexibility index (Phi) is 4.24. The Morgan fingerprint density at radius 1 is 1.43 bits per heavy atom. The van der Waals surface area contributed by atoms with Crippen LogP contribution in [0.5, 0.6) is 0 Å². The van der Waals surface area contributed by atoms with Crippen molar-refractivity contribution in [3.8, 4) is 0 Å². The van der Waals surface area contributed by atoms with E-state index in [1.807, 2.05) is 0 Å². The third-order valence-corrected chi connectivity index (χ3v) is 3.34. The second-order valence-electron chi connectivity index (χ2n) is 4.62. The van der Waals surface area contributed by atoms with Gasteiger partial charge in [0.1, 0.15) is 6.10 Å². The van der Waals surface area contributed by atoms with Gasteiger partial charge in [-0.3, -0.25) is 0 Å². The summed E-state index contributed by atoms with van der Waals surface area (Å²) in [5.74, 6) is 1.64. The third kappa shape index (κ3) is 2.88. The zero-order valence-corrected chi connectivity index (χ0v) is 9.88. The van der Waals surface area contributed by atoms with Crippen LogP contribution in [-0.2, 0) is 4.74 Å². The minimum absolute atomic E-state index is 0.0312. The molecule has 3 heteroatoms. The van der Waals surface area contributed by atoms with E-state index in [0.29, 0.717) is 17.8 Å². The summed E-state index contributed by atoms with van der Waals surface area (Å²) in [6.07, 6.45) is 3.37. The number of halogens is 1. The molecular formula is C11H19ClO2. The van der Waals surface area contributed by atoms with Crippen molar-refractivity contribution in [1.82, 2.24) is 0 Å². The average molecular weight is 219 g/mol. The van der Waals surface area contributed by atoms with Gasteiger partial charge in [0, 0.05) is 17.5 Å². The van der Waals surface area contributed by atoms with Crippen molar-refractivity contribution in [1.29, 1.82) is 0 Å². The summed E-state index contributed by atoms with van der Waals surface area (Å²) >= 11 is 5.27. The highest BCUT2D eigenvalue weighted by Crippen LogP contribution is 2.36. The first-order valence-corrected chi connectivity index (χ1v) is 5.76.